The predicted octanol–water partition coefficient (Wildman–Crippen LogP) is 4.52. The second kappa shape index (κ2) is 8.20. The van der Waals surface area contributed by atoms with Crippen LogP contribution < -0.4 is 4.74 Å². The molecule has 0 unspecified atom stereocenters. The number of aryl methyl sites for hydroxylation is 1. The van der Waals surface area contributed by atoms with Gasteiger partial charge in [0.25, 0.3) is 5.91 Å². The van der Waals surface area contributed by atoms with E-state index >= 15 is 0 Å². The first-order valence-corrected chi connectivity index (χ1v) is 10.6. The van der Waals surface area contributed by atoms with Crippen molar-refractivity contribution in [3.05, 3.63) is 65.1 Å². The van der Waals surface area contributed by atoms with Gasteiger partial charge in [-0.3, -0.25) is 4.79 Å². The zero-order valence-corrected chi connectivity index (χ0v) is 17.1. The van der Waals surface area contributed by atoms with Crippen LogP contribution in [0.3, 0.4) is 0 Å². The van der Waals surface area contributed by atoms with Crippen LogP contribution in [0.15, 0.2) is 61.9 Å². The molecule has 0 saturated heterocycles. The van der Waals surface area contributed by atoms with Crippen LogP contribution in [0.5, 0.6) is 5.75 Å². The standard InChI is InChI=1S/C20H19N3O3S2/c1-13-11-27-20(21-13)28-12-19(24)23-17(18-4-3-9-26-18)10-16(22-23)14-5-7-15(25-2)8-6-14/h3-9,11,17H,10,12H2,1-2H3/t17-/m0/s1. The van der Waals surface area contributed by atoms with Crippen LogP contribution >= 0.6 is 23.1 Å². The molecule has 1 aliphatic heterocycles. The van der Waals surface area contributed by atoms with E-state index in [2.05, 4.69) is 10.1 Å². The van der Waals surface area contributed by atoms with E-state index in [1.807, 2.05) is 48.7 Å². The maximum absolute atomic E-state index is 12.9. The highest BCUT2D eigenvalue weighted by molar-refractivity contribution is 8.01. The number of hydrazone groups is 1. The Labute approximate surface area is 171 Å². The molecule has 1 atom stereocenters. The smallest absolute Gasteiger partial charge is 0.253 e. The Morgan fingerprint density at radius 1 is 1.36 bits per heavy atom. The Kier molecular flexibility index (Phi) is 5.50. The molecule has 8 heteroatoms. The molecular weight excluding hydrogens is 394 g/mol. The minimum atomic E-state index is -0.238. The Morgan fingerprint density at radius 3 is 2.82 bits per heavy atom. The summed E-state index contributed by atoms with van der Waals surface area (Å²) in [6.07, 6.45) is 2.23. The van der Waals surface area contributed by atoms with Crippen molar-refractivity contribution in [1.82, 2.24) is 9.99 Å². The highest BCUT2D eigenvalue weighted by Crippen LogP contribution is 2.34. The third-order valence-electron chi connectivity index (χ3n) is 4.38. The Bertz CT molecular complexity index is 981. The van der Waals surface area contributed by atoms with Crippen molar-refractivity contribution in [2.24, 2.45) is 5.10 Å². The number of nitrogens with zero attached hydrogens (tertiary/aromatic N) is 3. The number of ether oxygens (including phenoxy) is 1. The fraction of sp³-hybridized carbons (Fsp3) is 0.250. The topological polar surface area (TPSA) is 67.9 Å². The number of hydrogen-bond donors (Lipinski definition) is 0. The molecule has 144 valence electrons. The van der Waals surface area contributed by atoms with Crippen LogP contribution in [0.4, 0.5) is 0 Å². The molecule has 0 fully saturated rings. The number of carbonyl (C=O) groups excluding carboxylic acids is 1. The Morgan fingerprint density at radius 2 is 2.18 bits per heavy atom. The highest BCUT2D eigenvalue weighted by Gasteiger charge is 2.34. The van der Waals surface area contributed by atoms with Crippen LogP contribution in [0.2, 0.25) is 0 Å². The number of thiazole rings is 1. The van der Waals surface area contributed by atoms with Gasteiger partial charge in [0.2, 0.25) is 0 Å². The minimum absolute atomic E-state index is 0.0669. The normalized spacial score (nSPS) is 16.3. The molecule has 4 rings (SSSR count). The quantitative estimate of drug-likeness (QED) is 0.556. The van der Waals surface area contributed by atoms with Gasteiger partial charge < -0.3 is 9.15 Å². The number of methoxy groups -OCH3 is 1. The summed E-state index contributed by atoms with van der Waals surface area (Å²) in [6.45, 7) is 1.95. The highest BCUT2D eigenvalue weighted by atomic mass is 32.2. The molecule has 0 radical (unpaired) electrons. The van der Waals surface area contributed by atoms with Crippen molar-refractivity contribution in [2.45, 2.75) is 23.7 Å². The van der Waals surface area contributed by atoms with Gasteiger partial charge in [0.15, 0.2) is 4.34 Å². The van der Waals surface area contributed by atoms with Crippen LogP contribution in [0, 0.1) is 6.92 Å². The fourth-order valence-electron chi connectivity index (χ4n) is 2.99. The molecule has 0 N–H and O–H groups in total. The van der Waals surface area contributed by atoms with Crippen molar-refractivity contribution in [3.8, 4) is 5.75 Å². The van der Waals surface area contributed by atoms with Gasteiger partial charge in [0.05, 0.1) is 24.8 Å². The first kappa shape index (κ1) is 18.8. The average molecular weight is 414 g/mol. The maximum atomic E-state index is 12.9. The summed E-state index contributed by atoms with van der Waals surface area (Å²) in [7, 11) is 1.64. The largest absolute Gasteiger partial charge is 0.497 e. The van der Waals surface area contributed by atoms with Crippen molar-refractivity contribution >= 4 is 34.7 Å². The second-order valence-corrected chi connectivity index (χ2v) is 8.37. The number of furan rings is 1. The summed E-state index contributed by atoms with van der Waals surface area (Å²) in [4.78, 5) is 17.3. The molecule has 3 aromatic rings. The van der Waals surface area contributed by atoms with Gasteiger partial charge in [0.1, 0.15) is 17.6 Å². The Hall–Kier alpha value is -2.58. The fourth-order valence-corrected chi connectivity index (χ4v) is 4.69. The monoisotopic (exact) mass is 413 g/mol. The lowest BCUT2D eigenvalue weighted by atomic mass is 10.0. The van der Waals surface area contributed by atoms with Gasteiger partial charge >= 0.3 is 0 Å². The molecule has 1 aromatic carbocycles. The summed E-state index contributed by atoms with van der Waals surface area (Å²) in [5.41, 5.74) is 2.79. The zero-order valence-electron chi connectivity index (χ0n) is 15.5. The van der Waals surface area contributed by atoms with E-state index in [0.29, 0.717) is 6.42 Å². The van der Waals surface area contributed by atoms with Gasteiger partial charge in [0, 0.05) is 17.5 Å². The summed E-state index contributed by atoms with van der Waals surface area (Å²) in [5.74, 6) is 1.73. The number of aromatic nitrogens is 1. The minimum Gasteiger partial charge on any atom is -0.497 e. The molecule has 1 aliphatic rings. The summed E-state index contributed by atoms with van der Waals surface area (Å²) < 4.78 is 11.7. The van der Waals surface area contributed by atoms with Gasteiger partial charge in [-0.05, 0) is 48.9 Å². The summed E-state index contributed by atoms with van der Waals surface area (Å²) >= 11 is 2.99. The van der Waals surface area contributed by atoms with E-state index in [4.69, 9.17) is 9.15 Å². The van der Waals surface area contributed by atoms with E-state index in [-0.39, 0.29) is 17.7 Å². The van der Waals surface area contributed by atoms with E-state index in [1.165, 1.54) is 11.8 Å². The first-order chi connectivity index (χ1) is 13.6. The molecule has 28 heavy (non-hydrogen) atoms. The molecule has 6 nitrogen and oxygen atoms in total. The van der Waals surface area contributed by atoms with E-state index in [1.54, 1.807) is 29.7 Å². The molecule has 0 saturated carbocycles. The zero-order chi connectivity index (χ0) is 19.5. The van der Waals surface area contributed by atoms with Crippen LogP contribution in [-0.4, -0.2) is 34.5 Å². The van der Waals surface area contributed by atoms with E-state index in [9.17, 15) is 4.79 Å². The maximum Gasteiger partial charge on any atom is 0.253 e. The van der Waals surface area contributed by atoms with Gasteiger partial charge in [-0.2, -0.15) is 5.10 Å². The number of carbonyl (C=O) groups is 1. The van der Waals surface area contributed by atoms with E-state index in [0.717, 1.165) is 32.8 Å². The molecule has 1 amide bonds. The molecule has 0 bridgehead atoms. The lowest BCUT2D eigenvalue weighted by molar-refractivity contribution is -0.130. The lowest BCUT2D eigenvalue weighted by Crippen LogP contribution is -2.28. The third-order valence-corrected chi connectivity index (χ3v) is 6.50. The average Bonchev–Trinajstić information content (AvgIpc) is 3.46. The molecule has 3 heterocycles. The van der Waals surface area contributed by atoms with Crippen LogP contribution in [-0.2, 0) is 4.79 Å². The summed E-state index contributed by atoms with van der Waals surface area (Å²) in [5, 5.41) is 8.17. The molecular formula is C20H19N3O3S2. The second-order valence-electron chi connectivity index (χ2n) is 6.29. The predicted molar refractivity (Wildman–Crippen MR) is 110 cm³/mol. The number of hydrogen-bond acceptors (Lipinski definition) is 7. The van der Waals surface area contributed by atoms with Gasteiger partial charge in [-0.25, -0.2) is 9.99 Å². The van der Waals surface area contributed by atoms with Crippen LogP contribution in [0.25, 0.3) is 0 Å². The molecule has 0 spiro atoms. The Balaban J connectivity index is 1.55. The summed E-state index contributed by atoms with van der Waals surface area (Å²) in [6, 6.07) is 11.2. The van der Waals surface area contributed by atoms with Crippen molar-refractivity contribution in [2.75, 3.05) is 12.9 Å². The number of benzene rings is 1. The van der Waals surface area contributed by atoms with Gasteiger partial charge in [-0.1, -0.05) is 11.8 Å². The number of amides is 1. The van der Waals surface area contributed by atoms with Crippen molar-refractivity contribution < 1.29 is 13.9 Å². The SMILES string of the molecule is COc1ccc(C2=NN(C(=O)CSc3nc(C)cs3)[C@H](c3ccco3)C2)cc1. The number of thioether (sulfide) groups is 1. The van der Waals surface area contributed by atoms with Crippen molar-refractivity contribution in [3.63, 3.8) is 0 Å². The van der Waals surface area contributed by atoms with Gasteiger partial charge in [-0.15, -0.1) is 11.3 Å². The first-order valence-electron chi connectivity index (χ1n) is 8.76. The van der Waals surface area contributed by atoms with E-state index < -0.39 is 0 Å². The molecule has 0 aliphatic carbocycles. The lowest BCUT2D eigenvalue weighted by Gasteiger charge is -2.19. The number of rotatable bonds is 6. The van der Waals surface area contributed by atoms with Crippen LogP contribution in [0.1, 0.15) is 29.5 Å². The van der Waals surface area contributed by atoms with Crippen molar-refractivity contribution in [1.29, 1.82) is 0 Å². The molecule has 2 aromatic heterocycles. The third kappa shape index (κ3) is 3.98.